The SMILES string of the molecule is CCN(CC)C(=O)O[C@@H]1C(=O)C(F)(F)[C@H](O)/C=C\CC1(C)C. The molecule has 0 bridgehead atoms. The van der Waals surface area contributed by atoms with E-state index < -0.39 is 35.4 Å². The average molecular weight is 319 g/mol. The predicted octanol–water partition coefficient (Wildman–Crippen LogP) is 2.38. The van der Waals surface area contributed by atoms with Gasteiger partial charge in [0.25, 0.3) is 0 Å². The summed E-state index contributed by atoms with van der Waals surface area (Å²) in [5.41, 5.74) is -1.00. The quantitative estimate of drug-likeness (QED) is 0.811. The number of hydrogen-bond acceptors (Lipinski definition) is 4. The summed E-state index contributed by atoms with van der Waals surface area (Å²) in [6, 6.07) is 0. The summed E-state index contributed by atoms with van der Waals surface area (Å²) in [4.78, 5) is 25.5. The van der Waals surface area contributed by atoms with Gasteiger partial charge in [0.2, 0.25) is 5.78 Å². The Morgan fingerprint density at radius 2 is 1.95 bits per heavy atom. The van der Waals surface area contributed by atoms with Crippen molar-refractivity contribution in [1.29, 1.82) is 0 Å². The average Bonchev–Trinajstić information content (AvgIpc) is 2.43. The smallest absolute Gasteiger partial charge is 0.410 e. The monoisotopic (exact) mass is 319 g/mol. The molecular formula is C15H23F2NO4. The summed E-state index contributed by atoms with van der Waals surface area (Å²) in [5, 5.41) is 9.43. The number of allylic oxidation sites excluding steroid dienone is 1. The van der Waals surface area contributed by atoms with Crippen LogP contribution in [0, 0.1) is 5.41 Å². The van der Waals surface area contributed by atoms with Crippen LogP contribution in [0.25, 0.3) is 0 Å². The molecule has 0 fully saturated rings. The number of nitrogens with zero attached hydrogens (tertiary/aromatic N) is 1. The zero-order valence-electron chi connectivity index (χ0n) is 13.3. The number of carbonyl (C=O) groups excluding carboxylic acids is 2. The molecule has 0 heterocycles. The summed E-state index contributed by atoms with van der Waals surface area (Å²) in [6.45, 7) is 7.27. The van der Waals surface area contributed by atoms with Gasteiger partial charge in [-0.1, -0.05) is 26.0 Å². The number of amides is 1. The van der Waals surface area contributed by atoms with Crippen LogP contribution in [0.2, 0.25) is 0 Å². The van der Waals surface area contributed by atoms with Gasteiger partial charge in [0, 0.05) is 18.5 Å². The minimum Gasteiger partial charge on any atom is -0.437 e. The lowest BCUT2D eigenvalue weighted by molar-refractivity contribution is -0.171. The normalized spacial score (nSPS) is 28.4. The van der Waals surface area contributed by atoms with Crippen molar-refractivity contribution in [3.63, 3.8) is 0 Å². The van der Waals surface area contributed by atoms with Gasteiger partial charge in [-0.2, -0.15) is 8.78 Å². The molecular weight excluding hydrogens is 296 g/mol. The number of ether oxygens (including phenoxy) is 1. The zero-order chi connectivity index (χ0) is 17.1. The fraction of sp³-hybridized carbons (Fsp3) is 0.733. The van der Waals surface area contributed by atoms with E-state index in [9.17, 15) is 23.5 Å². The van der Waals surface area contributed by atoms with Crippen LogP contribution in [0.1, 0.15) is 34.1 Å². The molecule has 126 valence electrons. The highest BCUT2D eigenvalue weighted by atomic mass is 19.3. The van der Waals surface area contributed by atoms with Crippen LogP contribution in [0.15, 0.2) is 12.2 Å². The number of aliphatic hydroxyl groups is 1. The molecule has 0 radical (unpaired) electrons. The Labute approximate surface area is 128 Å². The largest absolute Gasteiger partial charge is 0.437 e. The minimum atomic E-state index is -4.00. The number of carbonyl (C=O) groups is 2. The van der Waals surface area contributed by atoms with E-state index >= 15 is 0 Å². The van der Waals surface area contributed by atoms with Gasteiger partial charge in [-0.05, 0) is 20.3 Å². The van der Waals surface area contributed by atoms with Gasteiger partial charge in [0.1, 0.15) is 6.10 Å². The molecule has 0 aromatic heterocycles. The first kappa shape index (κ1) is 18.5. The predicted molar refractivity (Wildman–Crippen MR) is 76.7 cm³/mol. The summed E-state index contributed by atoms with van der Waals surface area (Å²) >= 11 is 0. The first-order valence-corrected chi connectivity index (χ1v) is 7.30. The molecule has 1 aliphatic rings. The molecule has 1 amide bonds. The van der Waals surface area contributed by atoms with Crippen LogP contribution in [0.4, 0.5) is 13.6 Å². The standard InChI is InChI=1S/C15H23F2NO4/c1-5-18(6-2)13(21)22-12-11(20)15(16,17)10(19)8-7-9-14(12,3)4/h7-8,10,12,19H,5-6,9H2,1-4H3/b8-7-/t10-,12-/m1/s1. The molecule has 7 heteroatoms. The lowest BCUT2D eigenvalue weighted by Crippen LogP contribution is -2.54. The van der Waals surface area contributed by atoms with Gasteiger partial charge in [0.05, 0.1) is 0 Å². The van der Waals surface area contributed by atoms with Crippen LogP contribution in [-0.2, 0) is 9.53 Å². The first-order chi connectivity index (χ1) is 10.1. The van der Waals surface area contributed by atoms with E-state index in [-0.39, 0.29) is 6.42 Å². The van der Waals surface area contributed by atoms with Crippen molar-refractivity contribution < 1.29 is 28.2 Å². The molecule has 1 aliphatic carbocycles. The molecule has 0 aliphatic heterocycles. The fourth-order valence-corrected chi connectivity index (χ4v) is 2.27. The first-order valence-electron chi connectivity index (χ1n) is 7.30. The van der Waals surface area contributed by atoms with Crippen LogP contribution in [0.3, 0.4) is 0 Å². The molecule has 2 atom stereocenters. The van der Waals surface area contributed by atoms with Crippen LogP contribution >= 0.6 is 0 Å². The number of alkyl halides is 2. The Balaban J connectivity index is 3.13. The van der Waals surface area contributed by atoms with Gasteiger partial charge in [-0.25, -0.2) is 4.79 Å². The van der Waals surface area contributed by atoms with Gasteiger partial charge in [-0.3, -0.25) is 4.79 Å². The van der Waals surface area contributed by atoms with E-state index in [1.807, 2.05) is 0 Å². The Hall–Kier alpha value is -1.50. The Bertz CT molecular complexity index is 458. The second-order valence-corrected chi connectivity index (χ2v) is 5.99. The van der Waals surface area contributed by atoms with Gasteiger partial charge in [-0.15, -0.1) is 0 Å². The van der Waals surface area contributed by atoms with Gasteiger partial charge < -0.3 is 14.7 Å². The van der Waals surface area contributed by atoms with Crippen molar-refractivity contribution in [2.24, 2.45) is 5.41 Å². The van der Waals surface area contributed by atoms with Crippen molar-refractivity contribution in [2.75, 3.05) is 13.1 Å². The summed E-state index contributed by atoms with van der Waals surface area (Å²) in [5.74, 6) is -5.57. The summed E-state index contributed by atoms with van der Waals surface area (Å²) < 4.78 is 33.1. The van der Waals surface area contributed by atoms with Crippen LogP contribution < -0.4 is 0 Å². The van der Waals surface area contributed by atoms with Crippen molar-refractivity contribution in [2.45, 2.75) is 52.2 Å². The third-order valence-corrected chi connectivity index (χ3v) is 3.85. The maximum Gasteiger partial charge on any atom is 0.410 e. The zero-order valence-corrected chi connectivity index (χ0v) is 13.3. The number of ketones is 1. The third-order valence-electron chi connectivity index (χ3n) is 3.85. The minimum absolute atomic E-state index is 0.224. The van der Waals surface area contributed by atoms with Crippen molar-refractivity contribution >= 4 is 11.9 Å². The third kappa shape index (κ3) is 3.63. The van der Waals surface area contributed by atoms with Gasteiger partial charge >= 0.3 is 12.0 Å². The lowest BCUT2D eigenvalue weighted by Gasteiger charge is -2.37. The highest BCUT2D eigenvalue weighted by Gasteiger charge is 2.54. The van der Waals surface area contributed by atoms with E-state index in [1.165, 1.54) is 11.0 Å². The topological polar surface area (TPSA) is 66.8 Å². The molecule has 0 saturated heterocycles. The van der Waals surface area contributed by atoms with Crippen LogP contribution in [-0.4, -0.2) is 53.1 Å². The van der Waals surface area contributed by atoms with Crippen LogP contribution in [0.5, 0.6) is 0 Å². The molecule has 0 aromatic rings. The molecule has 5 nitrogen and oxygen atoms in total. The van der Waals surface area contributed by atoms with Crippen molar-refractivity contribution in [3.8, 4) is 0 Å². The highest BCUT2D eigenvalue weighted by Crippen LogP contribution is 2.37. The number of hydrogen-bond donors (Lipinski definition) is 1. The molecule has 0 spiro atoms. The molecule has 1 rings (SSSR count). The molecule has 0 aromatic carbocycles. The number of aliphatic hydroxyl groups excluding tert-OH is 1. The van der Waals surface area contributed by atoms with Gasteiger partial charge in [0.15, 0.2) is 6.10 Å². The lowest BCUT2D eigenvalue weighted by atomic mass is 9.77. The Morgan fingerprint density at radius 3 is 2.45 bits per heavy atom. The molecule has 1 N–H and O–H groups in total. The van der Waals surface area contributed by atoms with E-state index in [1.54, 1.807) is 27.7 Å². The van der Waals surface area contributed by atoms with Crippen molar-refractivity contribution in [1.82, 2.24) is 4.90 Å². The fourth-order valence-electron chi connectivity index (χ4n) is 2.27. The second-order valence-electron chi connectivity index (χ2n) is 5.99. The summed E-state index contributed by atoms with van der Waals surface area (Å²) in [6.07, 6.45) is -2.15. The molecule has 22 heavy (non-hydrogen) atoms. The molecule has 0 unspecified atom stereocenters. The highest BCUT2D eigenvalue weighted by molar-refractivity contribution is 5.93. The van der Waals surface area contributed by atoms with E-state index in [4.69, 9.17) is 4.74 Å². The summed E-state index contributed by atoms with van der Waals surface area (Å²) in [7, 11) is 0. The van der Waals surface area contributed by atoms with Crippen molar-refractivity contribution in [3.05, 3.63) is 12.2 Å². The van der Waals surface area contributed by atoms with E-state index in [0.29, 0.717) is 13.1 Å². The maximum absolute atomic E-state index is 14.0. The van der Waals surface area contributed by atoms with E-state index in [2.05, 4.69) is 0 Å². The molecule has 0 saturated carbocycles. The maximum atomic E-state index is 14.0. The number of Topliss-reactive ketones (excluding diaryl/α,β-unsaturated/α-hetero) is 1. The van der Waals surface area contributed by atoms with E-state index in [0.717, 1.165) is 6.08 Å². The second kappa shape index (κ2) is 6.73. The number of halogens is 2. The Kier molecular flexibility index (Phi) is 5.67. The Morgan fingerprint density at radius 1 is 1.41 bits per heavy atom. The number of rotatable bonds is 3.